The molecule has 1 aliphatic heterocycles. The van der Waals surface area contributed by atoms with E-state index in [4.69, 9.17) is 9.47 Å². The van der Waals surface area contributed by atoms with Gasteiger partial charge in [-0.1, -0.05) is 0 Å². The first-order valence-electron chi connectivity index (χ1n) is 4.88. The van der Waals surface area contributed by atoms with E-state index in [1.54, 1.807) is 0 Å². The summed E-state index contributed by atoms with van der Waals surface area (Å²) in [6.45, 7) is 0.828. The highest BCUT2D eigenvalue weighted by Gasteiger charge is 2.14. The van der Waals surface area contributed by atoms with E-state index in [2.05, 4.69) is 22.6 Å². The van der Waals surface area contributed by atoms with Gasteiger partial charge in [-0.25, -0.2) is 0 Å². The Bertz CT molecular complexity index is 278. The second kappa shape index (κ2) is 4.98. The first-order valence-corrected chi connectivity index (χ1v) is 5.96. The fraction of sp³-hybridized carbons (Fsp3) is 0.455. The van der Waals surface area contributed by atoms with Gasteiger partial charge in [0.2, 0.25) is 0 Å². The first kappa shape index (κ1) is 10.2. The molecule has 1 atom stereocenters. The van der Waals surface area contributed by atoms with Gasteiger partial charge in [-0.3, -0.25) is 0 Å². The molecule has 76 valence electrons. The predicted molar refractivity (Wildman–Crippen MR) is 63.4 cm³/mol. The molecule has 2 rings (SSSR count). The molecule has 0 radical (unpaired) electrons. The third-order valence-corrected chi connectivity index (χ3v) is 2.94. The van der Waals surface area contributed by atoms with Crippen molar-refractivity contribution in [2.24, 2.45) is 0 Å². The van der Waals surface area contributed by atoms with Gasteiger partial charge in [0.15, 0.2) is 6.29 Å². The van der Waals surface area contributed by atoms with Crippen molar-refractivity contribution < 1.29 is 9.47 Å². The molecule has 14 heavy (non-hydrogen) atoms. The molecule has 0 amide bonds. The Hall–Kier alpha value is -0.290. The Morgan fingerprint density at radius 3 is 2.64 bits per heavy atom. The third kappa shape index (κ3) is 2.85. The van der Waals surface area contributed by atoms with Crippen molar-refractivity contribution in [2.45, 2.75) is 25.6 Å². The van der Waals surface area contributed by atoms with Crippen LogP contribution in [0.5, 0.6) is 5.75 Å². The first-order chi connectivity index (χ1) is 6.84. The number of benzene rings is 1. The highest BCUT2D eigenvalue weighted by atomic mass is 127. The van der Waals surface area contributed by atoms with E-state index in [0.29, 0.717) is 0 Å². The van der Waals surface area contributed by atoms with Gasteiger partial charge in [0.25, 0.3) is 0 Å². The monoisotopic (exact) mass is 304 g/mol. The normalized spacial score (nSPS) is 21.9. The lowest BCUT2D eigenvalue weighted by atomic mass is 10.2. The molecule has 3 heteroatoms. The summed E-state index contributed by atoms with van der Waals surface area (Å²) in [6.07, 6.45) is 3.33. The summed E-state index contributed by atoms with van der Waals surface area (Å²) in [5.74, 6) is 0.900. The zero-order valence-electron chi connectivity index (χ0n) is 7.91. The fourth-order valence-corrected chi connectivity index (χ4v) is 1.83. The molecule has 1 saturated heterocycles. The molecule has 0 aromatic heterocycles. The van der Waals surface area contributed by atoms with E-state index in [9.17, 15) is 0 Å². The van der Waals surface area contributed by atoms with Gasteiger partial charge in [0.1, 0.15) is 5.75 Å². The molecule has 0 unspecified atom stereocenters. The van der Waals surface area contributed by atoms with Gasteiger partial charge in [0, 0.05) is 9.99 Å². The predicted octanol–water partition coefficient (Wildman–Crippen LogP) is 3.20. The van der Waals surface area contributed by atoms with Crippen molar-refractivity contribution in [3.8, 4) is 5.75 Å². The number of hydrogen-bond donors (Lipinski definition) is 0. The van der Waals surface area contributed by atoms with Crippen LogP contribution < -0.4 is 4.74 Å². The van der Waals surface area contributed by atoms with E-state index in [1.807, 2.05) is 24.3 Å². The summed E-state index contributed by atoms with van der Waals surface area (Å²) in [4.78, 5) is 0. The summed E-state index contributed by atoms with van der Waals surface area (Å²) in [7, 11) is 0. The van der Waals surface area contributed by atoms with Crippen molar-refractivity contribution in [1.82, 2.24) is 0 Å². The summed E-state index contributed by atoms with van der Waals surface area (Å²) in [6, 6.07) is 8.05. The number of rotatable bonds is 2. The van der Waals surface area contributed by atoms with Crippen molar-refractivity contribution in [1.29, 1.82) is 0 Å². The lowest BCUT2D eigenvalue weighted by Gasteiger charge is -2.23. The van der Waals surface area contributed by atoms with Crippen LogP contribution >= 0.6 is 22.6 Å². The maximum atomic E-state index is 5.68. The molecule has 0 N–H and O–H groups in total. The smallest absolute Gasteiger partial charge is 0.199 e. The highest BCUT2D eigenvalue weighted by molar-refractivity contribution is 14.1. The van der Waals surface area contributed by atoms with Crippen LogP contribution in [0.2, 0.25) is 0 Å². The minimum Gasteiger partial charge on any atom is -0.465 e. The largest absolute Gasteiger partial charge is 0.465 e. The summed E-state index contributed by atoms with van der Waals surface area (Å²) >= 11 is 2.28. The van der Waals surface area contributed by atoms with Crippen LogP contribution in [0, 0.1) is 3.57 Å². The summed E-state index contributed by atoms with van der Waals surface area (Å²) in [5.41, 5.74) is 0. The van der Waals surface area contributed by atoms with Gasteiger partial charge < -0.3 is 9.47 Å². The zero-order valence-corrected chi connectivity index (χ0v) is 10.1. The van der Waals surface area contributed by atoms with Gasteiger partial charge in [-0.15, -0.1) is 0 Å². The highest BCUT2D eigenvalue weighted by Crippen LogP contribution is 2.19. The quantitative estimate of drug-likeness (QED) is 0.781. The molecule has 0 bridgehead atoms. The van der Waals surface area contributed by atoms with Gasteiger partial charge in [-0.2, -0.15) is 0 Å². The Kier molecular flexibility index (Phi) is 3.64. The lowest BCUT2D eigenvalue weighted by molar-refractivity contribution is -0.105. The molecule has 1 heterocycles. The summed E-state index contributed by atoms with van der Waals surface area (Å²) < 4.78 is 12.4. The average molecular weight is 304 g/mol. The van der Waals surface area contributed by atoms with E-state index >= 15 is 0 Å². The Morgan fingerprint density at radius 2 is 2.00 bits per heavy atom. The second-order valence-electron chi connectivity index (χ2n) is 3.37. The van der Waals surface area contributed by atoms with E-state index < -0.39 is 0 Å². The molecule has 2 nitrogen and oxygen atoms in total. The number of ether oxygens (including phenoxy) is 2. The zero-order chi connectivity index (χ0) is 9.80. The van der Waals surface area contributed by atoms with Crippen molar-refractivity contribution in [2.75, 3.05) is 6.61 Å². The standard InChI is InChI=1S/C11H13IO2/c12-9-4-6-10(7-5-9)14-11-3-1-2-8-13-11/h4-7,11H,1-3,8H2/t11-/m0/s1. The Labute approximate surface area is 97.7 Å². The summed E-state index contributed by atoms with van der Waals surface area (Å²) in [5, 5.41) is 0. The lowest BCUT2D eigenvalue weighted by Crippen LogP contribution is -2.24. The second-order valence-corrected chi connectivity index (χ2v) is 4.61. The topological polar surface area (TPSA) is 18.5 Å². The molecule has 0 saturated carbocycles. The van der Waals surface area contributed by atoms with Crippen LogP contribution in [0.15, 0.2) is 24.3 Å². The molecular formula is C11H13IO2. The number of hydrogen-bond acceptors (Lipinski definition) is 2. The van der Waals surface area contributed by atoms with E-state index in [1.165, 1.54) is 9.99 Å². The van der Waals surface area contributed by atoms with Crippen LogP contribution in [0.4, 0.5) is 0 Å². The van der Waals surface area contributed by atoms with Crippen molar-refractivity contribution in [3.05, 3.63) is 27.8 Å². The van der Waals surface area contributed by atoms with E-state index in [0.717, 1.165) is 25.2 Å². The fourth-order valence-electron chi connectivity index (χ4n) is 1.47. The number of halogens is 1. The Morgan fingerprint density at radius 1 is 1.21 bits per heavy atom. The molecule has 0 aliphatic carbocycles. The average Bonchev–Trinajstić information content (AvgIpc) is 2.23. The maximum Gasteiger partial charge on any atom is 0.199 e. The maximum absolute atomic E-state index is 5.68. The van der Waals surface area contributed by atoms with Crippen molar-refractivity contribution >= 4 is 22.6 Å². The Balaban J connectivity index is 1.92. The van der Waals surface area contributed by atoms with Gasteiger partial charge in [-0.05, 0) is 59.7 Å². The van der Waals surface area contributed by atoms with Gasteiger partial charge >= 0.3 is 0 Å². The van der Waals surface area contributed by atoms with Gasteiger partial charge in [0.05, 0.1) is 6.61 Å². The third-order valence-electron chi connectivity index (χ3n) is 2.22. The molecule has 1 aromatic rings. The van der Waals surface area contributed by atoms with Crippen LogP contribution in [0.3, 0.4) is 0 Å². The van der Waals surface area contributed by atoms with Crippen molar-refractivity contribution in [3.63, 3.8) is 0 Å². The van der Waals surface area contributed by atoms with Crippen LogP contribution in [-0.2, 0) is 4.74 Å². The molecule has 0 spiro atoms. The minimum absolute atomic E-state index is 0.0381. The van der Waals surface area contributed by atoms with E-state index in [-0.39, 0.29) is 6.29 Å². The van der Waals surface area contributed by atoms with Crippen LogP contribution in [0.1, 0.15) is 19.3 Å². The SMILES string of the molecule is Ic1ccc(O[C@H]2CCCCO2)cc1. The molecule has 1 aliphatic rings. The van der Waals surface area contributed by atoms with Crippen LogP contribution in [0.25, 0.3) is 0 Å². The minimum atomic E-state index is -0.0381. The van der Waals surface area contributed by atoms with Crippen LogP contribution in [-0.4, -0.2) is 12.9 Å². The molecular weight excluding hydrogens is 291 g/mol. The molecule has 1 aromatic carbocycles. The molecule has 1 fully saturated rings.